The molecule has 0 saturated heterocycles. The number of fused-ring (bicyclic) bond motifs is 1. The quantitative estimate of drug-likeness (QED) is 0.684. The summed E-state index contributed by atoms with van der Waals surface area (Å²) in [6.07, 6.45) is 0. The second-order valence-electron chi connectivity index (χ2n) is 7.17. The van der Waals surface area contributed by atoms with Gasteiger partial charge in [-0.05, 0) is 29.5 Å². The summed E-state index contributed by atoms with van der Waals surface area (Å²) in [5.74, 6) is -0.940. The SMILES string of the molecule is Cc1cc(C(C)(C)C)ccc1-c1cc(=O)c2c(O)cc(F)cc2[nH]1. The third-order valence-corrected chi connectivity index (χ3v) is 4.26. The fourth-order valence-corrected chi connectivity index (χ4v) is 2.91. The van der Waals surface area contributed by atoms with Crippen molar-refractivity contribution in [3.8, 4) is 17.0 Å². The molecule has 0 aliphatic rings. The number of aromatic amines is 1. The van der Waals surface area contributed by atoms with Crippen LogP contribution in [0.1, 0.15) is 31.9 Å². The van der Waals surface area contributed by atoms with E-state index in [0.29, 0.717) is 5.69 Å². The van der Waals surface area contributed by atoms with E-state index in [2.05, 4.69) is 31.8 Å². The van der Waals surface area contributed by atoms with Gasteiger partial charge in [-0.15, -0.1) is 0 Å². The molecule has 0 radical (unpaired) electrons. The number of phenolic OH excluding ortho intramolecular Hbond substituents is 1. The van der Waals surface area contributed by atoms with Crippen LogP contribution < -0.4 is 5.43 Å². The number of H-pyrrole nitrogens is 1. The molecule has 124 valence electrons. The minimum Gasteiger partial charge on any atom is -0.507 e. The zero-order chi connectivity index (χ0) is 17.6. The van der Waals surface area contributed by atoms with Crippen molar-refractivity contribution >= 4 is 10.9 Å². The molecule has 1 heterocycles. The molecule has 3 rings (SSSR count). The summed E-state index contributed by atoms with van der Waals surface area (Å²) in [6.45, 7) is 8.41. The summed E-state index contributed by atoms with van der Waals surface area (Å²) in [5, 5.41) is 9.92. The maximum atomic E-state index is 13.5. The number of hydrogen-bond donors (Lipinski definition) is 2. The van der Waals surface area contributed by atoms with Gasteiger partial charge >= 0.3 is 0 Å². The lowest BCUT2D eigenvalue weighted by molar-refractivity contribution is 0.475. The first-order valence-corrected chi connectivity index (χ1v) is 7.84. The fourth-order valence-electron chi connectivity index (χ4n) is 2.91. The fraction of sp³-hybridized carbons (Fsp3) is 0.250. The van der Waals surface area contributed by atoms with Crippen LogP contribution in [0.5, 0.6) is 5.75 Å². The molecule has 0 amide bonds. The van der Waals surface area contributed by atoms with Gasteiger partial charge in [-0.1, -0.05) is 39.0 Å². The third-order valence-electron chi connectivity index (χ3n) is 4.26. The molecule has 24 heavy (non-hydrogen) atoms. The summed E-state index contributed by atoms with van der Waals surface area (Å²) in [5.41, 5.74) is 3.70. The van der Waals surface area contributed by atoms with Crippen LogP contribution in [0.15, 0.2) is 41.2 Å². The zero-order valence-corrected chi connectivity index (χ0v) is 14.2. The summed E-state index contributed by atoms with van der Waals surface area (Å²) in [6, 6.07) is 9.71. The first-order valence-electron chi connectivity index (χ1n) is 7.84. The predicted molar refractivity (Wildman–Crippen MR) is 95.1 cm³/mol. The highest BCUT2D eigenvalue weighted by Gasteiger charge is 2.16. The number of aromatic nitrogens is 1. The summed E-state index contributed by atoms with van der Waals surface area (Å²) in [4.78, 5) is 15.4. The molecule has 2 N–H and O–H groups in total. The van der Waals surface area contributed by atoms with Gasteiger partial charge in [-0.2, -0.15) is 0 Å². The van der Waals surface area contributed by atoms with Crippen LogP contribution in [-0.4, -0.2) is 10.1 Å². The maximum Gasteiger partial charge on any atom is 0.193 e. The number of pyridine rings is 1. The second kappa shape index (κ2) is 5.48. The van der Waals surface area contributed by atoms with Gasteiger partial charge in [0.2, 0.25) is 0 Å². The molecule has 0 fully saturated rings. The highest BCUT2D eigenvalue weighted by Crippen LogP contribution is 2.30. The molecule has 0 unspecified atom stereocenters. The van der Waals surface area contributed by atoms with Crippen molar-refractivity contribution in [2.24, 2.45) is 0 Å². The lowest BCUT2D eigenvalue weighted by Crippen LogP contribution is -2.11. The van der Waals surface area contributed by atoms with E-state index >= 15 is 0 Å². The third kappa shape index (κ3) is 2.80. The number of hydrogen-bond acceptors (Lipinski definition) is 2. The van der Waals surface area contributed by atoms with Gasteiger partial charge in [0, 0.05) is 23.4 Å². The van der Waals surface area contributed by atoms with Gasteiger partial charge in [0.15, 0.2) is 5.43 Å². The first kappa shape index (κ1) is 16.2. The summed E-state index contributed by atoms with van der Waals surface area (Å²) >= 11 is 0. The maximum absolute atomic E-state index is 13.5. The van der Waals surface area contributed by atoms with E-state index in [1.165, 1.54) is 17.7 Å². The molecule has 2 aromatic carbocycles. The molecule has 0 aliphatic carbocycles. The van der Waals surface area contributed by atoms with Crippen LogP contribution in [0.3, 0.4) is 0 Å². The predicted octanol–water partition coefficient (Wildman–Crippen LogP) is 4.65. The Morgan fingerprint density at radius 3 is 2.42 bits per heavy atom. The molecule has 0 spiro atoms. The number of aromatic hydroxyl groups is 1. The Morgan fingerprint density at radius 2 is 1.79 bits per heavy atom. The molecule has 0 bridgehead atoms. The smallest absolute Gasteiger partial charge is 0.193 e. The van der Waals surface area contributed by atoms with Crippen molar-refractivity contribution in [1.29, 1.82) is 0 Å². The van der Waals surface area contributed by atoms with Crippen LogP contribution >= 0.6 is 0 Å². The summed E-state index contributed by atoms with van der Waals surface area (Å²) < 4.78 is 13.5. The first-order chi connectivity index (χ1) is 11.2. The molecule has 4 heteroatoms. The Morgan fingerprint density at radius 1 is 1.08 bits per heavy atom. The van der Waals surface area contributed by atoms with Crippen molar-refractivity contribution in [3.05, 3.63) is 63.6 Å². The van der Waals surface area contributed by atoms with Crippen LogP contribution in [0.25, 0.3) is 22.2 Å². The zero-order valence-electron chi connectivity index (χ0n) is 14.2. The topological polar surface area (TPSA) is 53.1 Å². The van der Waals surface area contributed by atoms with Crippen molar-refractivity contribution in [1.82, 2.24) is 4.98 Å². The molecule has 0 aliphatic heterocycles. The Kier molecular flexibility index (Phi) is 3.71. The van der Waals surface area contributed by atoms with E-state index in [4.69, 9.17) is 0 Å². The van der Waals surface area contributed by atoms with Crippen LogP contribution in [-0.2, 0) is 5.41 Å². The standard InChI is InChI=1S/C20H20FNO2/c1-11-7-12(20(2,3)4)5-6-14(11)15-10-18(24)19-16(22-15)8-13(21)9-17(19)23/h5-10,23H,1-4H3,(H,22,24). The molecule has 3 nitrogen and oxygen atoms in total. The highest BCUT2D eigenvalue weighted by molar-refractivity contribution is 5.87. The van der Waals surface area contributed by atoms with Gasteiger partial charge in [0.05, 0.1) is 10.9 Å². The highest BCUT2D eigenvalue weighted by atomic mass is 19.1. The Balaban J connectivity index is 2.22. The van der Waals surface area contributed by atoms with E-state index in [9.17, 15) is 14.3 Å². The summed E-state index contributed by atoms with van der Waals surface area (Å²) in [7, 11) is 0. The van der Waals surface area contributed by atoms with Crippen molar-refractivity contribution in [2.75, 3.05) is 0 Å². The van der Waals surface area contributed by atoms with E-state index < -0.39 is 5.82 Å². The number of halogens is 1. The minimum atomic E-state index is -0.590. The lowest BCUT2D eigenvalue weighted by atomic mass is 9.85. The van der Waals surface area contributed by atoms with Gasteiger partial charge in [0.25, 0.3) is 0 Å². The van der Waals surface area contributed by atoms with Crippen LogP contribution in [0, 0.1) is 12.7 Å². The van der Waals surface area contributed by atoms with E-state index in [1.54, 1.807) is 0 Å². The van der Waals surface area contributed by atoms with Crippen molar-refractivity contribution < 1.29 is 9.50 Å². The number of phenols is 1. The Hall–Kier alpha value is -2.62. The van der Waals surface area contributed by atoms with Gasteiger partial charge in [-0.3, -0.25) is 4.79 Å². The number of nitrogens with one attached hydrogen (secondary N) is 1. The molecule has 0 saturated carbocycles. The molecule has 1 aromatic heterocycles. The second-order valence-corrected chi connectivity index (χ2v) is 7.17. The number of aryl methyl sites for hydroxylation is 1. The molecule has 3 aromatic rings. The van der Waals surface area contributed by atoms with E-state index in [0.717, 1.165) is 17.2 Å². The molecular weight excluding hydrogens is 305 g/mol. The Labute approximate surface area is 139 Å². The number of benzene rings is 2. The Bertz CT molecular complexity index is 997. The molecular formula is C20H20FNO2. The van der Waals surface area contributed by atoms with Crippen molar-refractivity contribution in [3.63, 3.8) is 0 Å². The number of rotatable bonds is 1. The average molecular weight is 325 g/mol. The van der Waals surface area contributed by atoms with Crippen molar-refractivity contribution in [2.45, 2.75) is 33.1 Å². The average Bonchev–Trinajstić information content (AvgIpc) is 2.44. The van der Waals surface area contributed by atoms with E-state index in [-0.39, 0.29) is 27.5 Å². The minimum absolute atomic E-state index is 0.0367. The van der Waals surface area contributed by atoms with Crippen LogP contribution in [0.2, 0.25) is 0 Å². The normalized spacial score (nSPS) is 11.9. The van der Waals surface area contributed by atoms with E-state index in [1.807, 2.05) is 19.1 Å². The van der Waals surface area contributed by atoms with Gasteiger partial charge < -0.3 is 10.1 Å². The monoisotopic (exact) mass is 325 g/mol. The van der Waals surface area contributed by atoms with Gasteiger partial charge in [0.1, 0.15) is 11.6 Å². The van der Waals surface area contributed by atoms with Crippen LogP contribution in [0.4, 0.5) is 4.39 Å². The lowest BCUT2D eigenvalue weighted by Gasteiger charge is -2.20. The molecule has 0 atom stereocenters. The largest absolute Gasteiger partial charge is 0.507 e. The van der Waals surface area contributed by atoms with Gasteiger partial charge in [-0.25, -0.2) is 4.39 Å².